The Morgan fingerprint density at radius 1 is 1.50 bits per heavy atom. The second-order valence-corrected chi connectivity index (χ2v) is 4.12. The molecule has 0 bridgehead atoms. The Labute approximate surface area is 101 Å². The van der Waals surface area contributed by atoms with Crippen LogP contribution in [0, 0.1) is 0 Å². The molecule has 0 aliphatic heterocycles. The lowest BCUT2D eigenvalue weighted by molar-refractivity contribution is 0.102. The standard InChI is InChI=1S/C10H8ClN3OS/c11-5-7-2-1-3-8(4-7)10(15)13-9-6-12-14-16-9/h1-4,6H,5H2,(H,13,15). The van der Waals surface area contributed by atoms with Gasteiger partial charge in [-0.05, 0) is 17.7 Å². The fourth-order valence-corrected chi connectivity index (χ4v) is 1.78. The van der Waals surface area contributed by atoms with Crippen LogP contribution < -0.4 is 5.32 Å². The molecule has 0 fully saturated rings. The maximum Gasteiger partial charge on any atom is 0.256 e. The summed E-state index contributed by atoms with van der Waals surface area (Å²) in [5.74, 6) is 0.210. The van der Waals surface area contributed by atoms with Crippen molar-refractivity contribution >= 4 is 34.0 Å². The first-order valence-corrected chi connectivity index (χ1v) is 5.84. The number of nitrogens with zero attached hydrogens (tertiary/aromatic N) is 2. The van der Waals surface area contributed by atoms with Crippen molar-refractivity contribution < 1.29 is 4.79 Å². The molecule has 0 saturated carbocycles. The van der Waals surface area contributed by atoms with E-state index in [0.29, 0.717) is 16.4 Å². The number of amides is 1. The minimum absolute atomic E-state index is 0.182. The molecule has 0 radical (unpaired) electrons. The molecule has 2 aromatic rings. The van der Waals surface area contributed by atoms with Crippen molar-refractivity contribution in [2.75, 3.05) is 5.32 Å². The Morgan fingerprint density at radius 2 is 2.38 bits per heavy atom. The molecule has 0 unspecified atom stereocenters. The first-order valence-electron chi connectivity index (χ1n) is 4.53. The van der Waals surface area contributed by atoms with Crippen LogP contribution in [0.1, 0.15) is 15.9 Å². The quantitative estimate of drug-likeness (QED) is 0.856. The van der Waals surface area contributed by atoms with E-state index in [4.69, 9.17) is 11.6 Å². The molecule has 1 amide bonds. The summed E-state index contributed by atoms with van der Waals surface area (Å²) in [5.41, 5.74) is 1.49. The average Bonchev–Trinajstić information content (AvgIpc) is 2.82. The predicted octanol–water partition coefficient (Wildman–Crippen LogP) is 2.53. The molecule has 0 aliphatic carbocycles. The predicted molar refractivity (Wildman–Crippen MR) is 63.9 cm³/mol. The van der Waals surface area contributed by atoms with E-state index in [-0.39, 0.29) is 5.91 Å². The maximum atomic E-state index is 11.8. The van der Waals surface area contributed by atoms with Crippen molar-refractivity contribution in [1.82, 2.24) is 9.59 Å². The Balaban J connectivity index is 2.14. The average molecular weight is 254 g/mol. The highest BCUT2D eigenvalue weighted by Gasteiger charge is 2.07. The highest BCUT2D eigenvalue weighted by Crippen LogP contribution is 2.13. The molecule has 1 N–H and O–H groups in total. The van der Waals surface area contributed by atoms with Crippen molar-refractivity contribution in [1.29, 1.82) is 0 Å². The molecule has 82 valence electrons. The van der Waals surface area contributed by atoms with E-state index in [1.54, 1.807) is 18.2 Å². The summed E-state index contributed by atoms with van der Waals surface area (Å²) in [6.07, 6.45) is 1.51. The van der Waals surface area contributed by atoms with Gasteiger partial charge in [0, 0.05) is 23.0 Å². The number of alkyl halides is 1. The molecule has 0 atom stereocenters. The van der Waals surface area contributed by atoms with Crippen LogP contribution >= 0.6 is 23.1 Å². The normalized spacial score (nSPS) is 10.1. The molecule has 0 aliphatic rings. The highest BCUT2D eigenvalue weighted by atomic mass is 35.5. The van der Waals surface area contributed by atoms with Gasteiger partial charge < -0.3 is 5.32 Å². The third-order valence-electron chi connectivity index (χ3n) is 1.94. The van der Waals surface area contributed by atoms with Crippen LogP contribution in [0.5, 0.6) is 0 Å². The van der Waals surface area contributed by atoms with E-state index in [9.17, 15) is 4.79 Å². The zero-order valence-corrected chi connectivity index (χ0v) is 9.76. The summed E-state index contributed by atoms with van der Waals surface area (Å²) in [5, 5.41) is 6.96. The second-order valence-electron chi connectivity index (χ2n) is 3.07. The summed E-state index contributed by atoms with van der Waals surface area (Å²) in [6.45, 7) is 0. The van der Waals surface area contributed by atoms with Gasteiger partial charge >= 0.3 is 0 Å². The zero-order valence-electron chi connectivity index (χ0n) is 8.18. The molecule has 16 heavy (non-hydrogen) atoms. The maximum absolute atomic E-state index is 11.8. The largest absolute Gasteiger partial charge is 0.311 e. The van der Waals surface area contributed by atoms with Crippen LogP contribution in [0.3, 0.4) is 0 Å². The first kappa shape index (κ1) is 11.0. The number of nitrogens with one attached hydrogen (secondary N) is 1. The van der Waals surface area contributed by atoms with Gasteiger partial charge in [0.1, 0.15) is 5.00 Å². The van der Waals surface area contributed by atoms with Gasteiger partial charge in [-0.2, -0.15) is 0 Å². The van der Waals surface area contributed by atoms with E-state index in [1.165, 1.54) is 6.20 Å². The lowest BCUT2D eigenvalue weighted by Crippen LogP contribution is -2.10. The minimum atomic E-state index is -0.182. The number of anilines is 1. The minimum Gasteiger partial charge on any atom is -0.311 e. The van der Waals surface area contributed by atoms with Crippen molar-refractivity contribution in [2.45, 2.75) is 5.88 Å². The molecule has 0 saturated heterocycles. The van der Waals surface area contributed by atoms with Crippen LogP contribution in [-0.4, -0.2) is 15.5 Å². The molecular formula is C10H8ClN3OS. The summed E-state index contributed by atoms with van der Waals surface area (Å²) in [6, 6.07) is 7.17. The van der Waals surface area contributed by atoms with E-state index < -0.39 is 0 Å². The SMILES string of the molecule is O=C(Nc1cnns1)c1cccc(CCl)c1. The molecule has 1 aromatic carbocycles. The van der Waals surface area contributed by atoms with Gasteiger partial charge in [-0.1, -0.05) is 16.6 Å². The number of hydrogen-bond donors (Lipinski definition) is 1. The molecule has 4 nitrogen and oxygen atoms in total. The van der Waals surface area contributed by atoms with E-state index >= 15 is 0 Å². The Morgan fingerprint density at radius 3 is 3.06 bits per heavy atom. The highest BCUT2D eigenvalue weighted by molar-refractivity contribution is 7.10. The molecule has 6 heteroatoms. The van der Waals surface area contributed by atoms with Crippen molar-refractivity contribution in [3.63, 3.8) is 0 Å². The van der Waals surface area contributed by atoms with Crippen LogP contribution in [0.15, 0.2) is 30.5 Å². The van der Waals surface area contributed by atoms with Gasteiger partial charge in [0.05, 0.1) is 6.20 Å². The third-order valence-corrected chi connectivity index (χ3v) is 2.83. The molecule has 1 heterocycles. The molecule has 2 rings (SSSR count). The van der Waals surface area contributed by atoms with Gasteiger partial charge in [-0.3, -0.25) is 4.79 Å². The summed E-state index contributed by atoms with van der Waals surface area (Å²) in [7, 11) is 0. The Kier molecular flexibility index (Phi) is 3.48. The lowest BCUT2D eigenvalue weighted by Gasteiger charge is -2.02. The van der Waals surface area contributed by atoms with E-state index in [0.717, 1.165) is 17.1 Å². The molecule has 0 spiro atoms. The molecular weight excluding hydrogens is 246 g/mol. The zero-order chi connectivity index (χ0) is 11.4. The van der Waals surface area contributed by atoms with Crippen molar-refractivity contribution in [3.05, 3.63) is 41.6 Å². The lowest BCUT2D eigenvalue weighted by atomic mass is 10.1. The second kappa shape index (κ2) is 5.05. The van der Waals surface area contributed by atoms with Gasteiger partial charge in [-0.15, -0.1) is 16.7 Å². The number of aromatic nitrogens is 2. The molecule has 1 aromatic heterocycles. The number of benzene rings is 1. The van der Waals surface area contributed by atoms with Crippen LogP contribution in [0.2, 0.25) is 0 Å². The van der Waals surface area contributed by atoms with Gasteiger partial charge in [0.2, 0.25) is 0 Å². The van der Waals surface area contributed by atoms with Crippen LogP contribution in [0.25, 0.3) is 0 Å². The van der Waals surface area contributed by atoms with E-state index in [2.05, 4.69) is 14.9 Å². The topological polar surface area (TPSA) is 54.9 Å². The van der Waals surface area contributed by atoms with Crippen LogP contribution in [-0.2, 0) is 5.88 Å². The third kappa shape index (κ3) is 2.56. The number of rotatable bonds is 3. The smallest absolute Gasteiger partial charge is 0.256 e. The summed E-state index contributed by atoms with van der Waals surface area (Å²) < 4.78 is 3.66. The number of halogens is 1. The van der Waals surface area contributed by atoms with E-state index in [1.807, 2.05) is 6.07 Å². The number of carbonyl (C=O) groups is 1. The summed E-state index contributed by atoms with van der Waals surface area (Å²) >= 11 is 6.83. The van der Waals surface area contributed by atoms with Gasteiger partial charge in [0.15, 0.2) is 0 Å². The van der Waals surface area contributed by atoms with Crippen molar-refractivity contribution in [3.8, 4) is 0 Å². The number of hydrogen-bond acceptors (Lipinski definition) is 4. The van der Waals surface area contributed by atoms with Gasteiger partial charge in [-0.25, -0.2) is 0 Å². The summed E-state index contributed by atoms with van der Waals surface area (Å²) in [4.78, 5) is 11.8. The van der Waals surface area contributed by atoms with Gasteiger partial charge in [0.25, 0.3) is 5.91 Å². The fourth-order valence-electron chi connectivity index (χ4n) is 1.20. The number of carbonyl (C=O) groups excluding carboxylic acids is 1. The Hall–Kier alpha value is -1.46. The Bertz CT molecular complexity index is 487. The van der Waals surface area contributed by atoms with Crippen LogP contribution in [0.4, 0.5) is 5.00 Å². The monoisotopic (exact) mass is 253 g/mol. The van der Waals surface area contributed by atoms with Crippen molar-refractivity contribution in [2.24, 2.45) is 0 Å². The first-order chi connectivity index (χ1) is 7.79. The fraction of sp³-hybridized carbons (Fsp3) is 0.100.